The molecule has 0 fully saturated rings. The lowest BCUT2D eigenvalue weighted by molar-refractivity contribution is -0.148. The topological polar surface area (TPSA) is 52.6 Å². The maximum atomic E-state index is 11.3. The number of esters is 2. The Morgan fingerprint density at radius 3 is 2.50 bits per heavy atom. The lowest BCUT2D eigenvalue weighted by Gasteiger charge is -2.09. The summed E-state index contributed by atoms with van der Waals surface area (Å²) in [5, 5.41) is -0.723. The van der Waals surface area contributed by atoms with Gasteiger partial charge in [-0.25, -0.2) is 0 Å². The van der Waals surface area contributed by atoms with Crippen molar-refractivity contribution in [3.8, 4) is 0 Å². The van der Waals surface area contributed by atoms with Gasteiger partial charge >= 0.3 is 11.9 Å². The van der Waals surface area contributed by atoms with Gasteiger partial charge in [0.15, 0.2) is 0 Å². The van der Waals surface area contributed by atoms with Gasteiger partial charge in [0.25, 0.3) is 0 Å². The van der Waals surface area contributed by atoms with Crippen LogP contribution in [0, 0.1) is 0 Å². The van der Waals surface area contributed by atoms with Crippen LogP contribution in [-0.4, -0.2) is 30.9 Å². The summed E-state index contributed by atoms with van der Waals surface area (Å²) >= 11 is 3.99. The van der Waals surface area contributed by atoms with Gasteiger partial charge in [-0.05, 0) is 6.42 Å². The second kappa shape index (κ2) is 9.51. The zero-order chi connectivity index (χ0) is 12.4. The van der Waals surface area contributed by atoms with Crippen molar-refractivity contribution in [3.05, 3.63) is 0 Å². The van der Waals surface area contributed by atoms with Gasteiger partial charge in [-0.2, -0.15) is 12.6 Å². The first-order valence-corrected chi connectivity index (χ1v) is 6.05. The van der Waals surface area contributed by atoms with E-state index in [9.17, 15) is 9.59 Å². The molecule has 0 amide bonds. The minimum atomic E-state index is -0.723. The molecule has 0 saturated heterocycles. The average molecular weight is 248 g/mol. The zero-order valence-electron chi connectivity index (χ0n) is 9.90. The maximum Gasteiger partial charge on any atom is 0.319 e. The van der Waals surface area contributed by atoms with E-state index in [1.807, 2.05) is 0 Å². The Hall–Kier alpha value is -0.710. The first kappa shape index (κ1) is 15.3. The molecule has 94 valence electrons. The quantitative estimate of drug-likeness (QED) is 0.405. The summed E-state index contributed by atoms with van der Waals surface area (Å²) in [6.07, 6.45) is 4.15. The van der Waals surface area contributed by atoms with Gasteiger partial charge in [-0.15, -0.1) is 0 Å². The molecule has 0 N–H and O–H groups in total. The second-order valence-corrected chi connectivity index (χ2v) is 4.15. The molecule has 5 heteroatoms. The van der Waals surface area contributed by atoms with E-state index >= 15 is 0 Å². The van der Waals surface area contributed by atoms with Crippen LogP contribution in [0.3, 0.4) is 0 Å². The number of rotatable bonds is 8. The molecule has 0 aliphatic carbocycles. The van der Waals surface area contributed by atoms with E-state index in [1.165, 1.54) is 7.11 Å². The monoisotopic (exact) mass is 248 g/mol. The zero-order valence-corrected chi connectivity index (χ0v) is 10.8. The molecule has 0 radical (unpaired) electrons. The molecule has 4 nitrogen and oxygen atoms in total. The van der Waals surface area contributed by atoms with Crippen molar-refractivity contribution in [1.29, 1.82) is 0 Å². The summed E-state index contributed by atoms with van der Waals surface area (Å²) in [5.41, 5.74) is 0. The molecule has 1 unspecified atom stereocenters. The van der Waals surface area contributed by atoms with Gasteiger partial charge in [0.1, 0.15) is 5.25 Å². The van der Waals surface area contributed by atoms with E-state index < -0.39 is 17.2 Å². The Bertz CT molecular complexity index is 218. The average Bonchev–Trinajstić information content (AvgIpc) is 2.28. The third kappa shape index (κ3) is 7.56. The molecule has 16 heavy (non-hydrogen) atoms. The van der Waals surface area contributed by atoms with Gasteiger partial charge in [-0.3, -0.25) is 9.59 Å². The van der Waals surface area contributed by atoms with Gasteiger partial charge in [0.05, 0.1) is 20.1 Å². The first-order valence-electron chi connectivity index (χ1n) is 5.53. The number of ether oxygens (including phenoxy) is 2. The third-order valence-corrected chi connectivity index (χ3v) is 2.50. The normalized spacial score (nSPS) is 11.9. The number of hydrogen-bond donors (Lipinski definition) is 1. The molecule has 0 aromatic rings. The Labute approximate surface area is 102 Å². The van der Waals surface area contributed by atoms with Gasteiger partial charge < -0.3 is 9.47 Å². The summed E-state index contributed by atoms with van der Waals surface area (Å²) in [7, 11) is 1.28. The summed E-state index contributed by atoms with van der Waals surface area (Å²) < 4.78 is 9.41. The van der Waals surface area contributed by atoms with Crippen LogP contribution >= 0.6 is 12.6 Å². The van der Waals surface area contributed by atoms with Crippen LogP contribution in [0.15, 0.2) is 0 Å². The fourth-order valence-electron chi connectivity index (χ4n) is 1.12. The van der Waals surface area contributed by atoms with Crippen molar-refractivity contribution < 1.29 is 19.1 Å². The molecule has 0 saturated carbocycles. The van der Waals surface area contributed by atoms with Crippen LogP contribution in [0.2, 0.25) is 0 Å². The molecule has 0 aromatic carbocycles. The van der Waals surface area contributed by atoms with Crippen LogP contribution in [0.25, 0.3) is 0 Å². The van der Waals surface area contributed by atoms with Crippen LogP contribution in [-0.2, 0) is 19.1 Å². The van der Waals surface area contributed by atoms with E-state index in [1.54, 1.807) is 0 Å². The highest BCUT2D eigenvalue weighted by molar-refractivity contribution is 7.81. The molecular formula is C11H20O4S. The summed E-state index contributed by atoms with van der Waals surface area (Å²) in [4.78, 5) is 22.2. The van der Waals surface area contributed by atoms with E-state index in [4.69, 9.17) is 4.74 Å². The number of carbonyl (C=O) groups excluding carboxylic acids is 2. The molecule has 0 heterocycles. The second-order valence-electron chi connectivity index (χ2n) is 3.52. The van der Waals surface area contributed by atoms with Crippen LogP contribution < -0.4 is 0 Å². The highest BCUT2D eigenvalue weighted by Crippen LogP contribution is 2.06. The molecule has 0 spiro atoms. The van der Waals surface area contributed by atoms with Crippen LogP contribution in [0.1, 0.15) is 39.0 Å². The fourth-order valence-corrected chi connectivity index (χ4v) is 1.35. The Balaban J connectivity index is 3.59. The van der Waals surface area contributed by atoms with E-state index in [0.29, 0.717) is 6.61 Å². The van der Waals surface area contributed by atoms with Crippen molar-refractivity contribution >= 4 is 24.6 Å². The number of unbranched alkanes of at least 4 members (excludes halogenated alkanes) is 3. The van der Waals surface area contributed by atoms with Crippen LogP contribution in [0.5, 0.6) is 0 Å². The van der Waals surface area contributed by atoms with Gasteiger partial charge in [0.2, 0.25) is 0 Å². The number of carbonyl (C=O) groups is 2. The number of hydrogen-bond acceptors (Lipinski definition) is 5. The van der Waals surface area contributed by atoms with Crippen molar-refractivity contribution in [1.82, 2.24) is 0 Å². The lowest BCUT2D eigenvalue weighted by atomic mass is 10.2. The molecule has 0 aliphatic rings. The molecule has 0 bridgehead atoms. The predicted octanol–water partition coefficient (Wildman–Crippen LogP) is 1.97. The predicted molar refractivity (Wildman–Crippen MR) is 64.5 cm³/mol. The highest BCUT2D eigenvalue weighted by Gasteiger charge is 2.19. The van der Waals surface area contributed by atoms with Gasteiger partial charge in [0, 0.05) is 0 Å². The summed E-state index contributed by atoms with van der Waals surface area (Å²) in [5.74, 6) is -0.909. The Kier molecular flexibility index (Phi) is 9.09. The summed E-state index contributed by atoms with van der Waals surface area (Å²) in [6.45, 7) is 2.52. The van der Waals surface area contributed by atoms with Crippen LogP contribution in [0.4, 0.5) is 0 Å². The standard InChI is InChI=1S/C11H20O4S/c1-3-4-5-6-7-15-11(13)9(16)8-10(12)14-2/h9,16H,3-8H2,1-2H3. The SMILES string of the molecule is CCCCCCOC(=O)C(S)CC(=O)OC. The number of thiol groups is 1. The molecule has 0 aliphatic heterocycles. The van der Waals surface area contributed by atoms with Crippen molar-refractivity contribution in [2.75, 3.05) is 13.7 Å². The van der Waals surface area contributed by atoms with Crippen molar-refractivity contribution in [2.45, 2.75) is 44.3 Å². The molecule has 0 rings (SSSR count). The largest absolute Gasteiger partial charge is 0.469 e. The third-order valence-electron chi connectivity index (χ3n) is 2.10. The first-order chi connectivity index (χ1) is 7.61. The highest BCUT2D eigenvalue weighted by atomic mass is 32.1. The fraction of sp³-hybridized carbons (Fsp3) is 0.818. The minimum absolute atomic E-state index is 0.0482. The Morgan fingerprint density at radius 2 is 1.94 bits per heavy atom. The molecule has 0 aromatic heterocycles. The smallest absolute Gasteiger partial charge is 0.319 e. The number of methoxy groups -OCH3 is 1. The van der Waals surface area contributed by atoms with Crippen molar-refractivity contribution in [3.63, 3.8) is 0 Å². The Morgan fingerprint density at radius 1 is 1.25 bits per heavy atom. The minimum Gasteiger partial charge on any atom is -0.469 e. The van der Waals surface area contributed by atoms with E-state index in [2.05, 4.69) is 24.3 Å². The molecule has 1 atom stereocenters. The van der Waals surface area contributed by atoms with Gasteiger partial charge in [-0.1, -0.05) is 26.2 Å². The van der Waals surface area contributed by atoms with Crippen molar-refractivity contribution in [2.24, 2.45) is 0 Å². The van der Waals surface area contributed by atoms with E-state index in [-0.39, 0.29) is 6.42 Å². The maximum absolute atomic E-state index is 11.3. The van der Waals surface area contributed by atoms with E-state index in [0.717, 1.165) is 25.7 Å². The lowest BCUT2D eigenvalue weighted by Crippen LogP contribution is -2.22. The molecular weight excluding hydrogens is 228 g/mol. The summed E-state index contributed by atoms with van der Waals surface area (Å²) in [6, 6.07) is 0.